The van der Waals surface area contributed by atoms with Gasteiger partial charge in [-0.15, -0.1) is 0 Å². The molecule has 4 rings (SSSR count). The Morgan fingerprint density at radius 1 is 0.720 bits per heavy atom. The van der Waals surface area contributed by atoms with Crippen LogP contribution in [0.15, 0.2) is 77.7 Å². The Balaban J connectivity index is 1.83. The van der Waals surface area contributed by atoms with Crippen LogP contribution >= 0.6 is 23.2 Å². The number of hydrogen-bond acceptors (Lipinski definition) is 2. The predicted molar refractivity (Wildman–Crippen MR) is 102 cm³/mol. The fourth-order valence-corrected chi connectivity index (χ4v) is 2.94. The Bertz CT molecular complexity index is 1120. The van der Waals surface area contributed by atoms with Crippen LogP contribution in [-0.2, 0) is 0 Å². The molecule has 0 N–H and O–H groups in total. The lowest BCUT2D eigenvalue weighted by Crippen LogP contribution is -2.14. The number of halogens is 2. The maximum atomic E-state index is 12.6. The van der Waals surface area contributed by atoms with Gasteiger partial charge in [0.15, 0.2) is 0 Å². The minimum atomic E-state index is -0.134. The molecule has 5 heteroatoms. The molecule has 25 heavy (non-hydrogen) atoms. The number of rotatable bonds is 2. The van der Waals surface area contributed by atoms with Crippen molar-refractivity contribution in [3.63, 3.8) is 0 Å². The number of fused-ring (bicyclic) bond motifs is 1. The number of aromatic nitrogens is 2. The van der Waals surface area contributed by atoms with E-state index in [9.17, 15) is 4.79 Å². The Morgan fingerprint density at radius 2 is 1.28 bits per heavy atom. The third-order valence-corrected chi connectivity index (χ3v) is 4.48. The summed E-state index contributed by atoms with van der Waals surface area (Å²) >= 11 is 11.8. The van der Waals surface area contributed by atoms with Crippen LogP contribution in [0.1, 0.15) is 0 Å². The van der Waals surface area contributed by atoms with E-state index >= 15 is 0 Å². The van der Waals surface area contributed by atoms with Gasteiger partial charge in [-0.1, -0.05) is 47.5 Å². The molecule has 0 spiro atoms. The van der Waals surface area contributed by atoms with E-state index in [0.29, 0.717) is 21.4 Å². The molecule has 4 aromatic rings. The van der Waals surface area contributed by atoms with E-state index in [2.05, 4.69) is 4.98 Å². The minimum Gasteiger partial charge on any atom is -0.269 e. The van der Waals surface area contributed by atoms with Crippen LogP contribution in [0.3, 0.4) is 0 Å². The maximum Gasteiger partial charge on any atom is 0.258 e. The first-order valence-corrected chi connectivity index (χ1v) is 8.41. The fourth-order valence-electron chi connectivity index (χ4n) is 2.68. The largest absolute Gasteiger partial charge is 0.269 e. The zero-order valence-corrected chi connectivity index (χ0v) is 14.5. The quantitative estimate of drug-likeness (QED) is 0.480. The molecule has 0 unspecified atom stereocenters. The molecule has 2 aromatic heterocycles. The predicted octanol–water partition coefficient (Wildman–Crippen LogP) is 5.34. The van der Waals surface area contributed by atoms with E-state index < -0.39 is 0 Å². The Hall–Kier alpha value is -2.62. The molecular weight excluding hydrogens is 355 g/mol. The lowest BCUT2D eigenvalue weighted by molar-refractivity contribution is 1.05. The average Bonchev–Trinajstić information content (AvgIpc) is 2.63. The molecule has 0 bridgehead atoms. The first-order valence-electron chi connectivity index (χ1n) is 7.65. The average molecular weight is 367 g/mol. The monoisotopic (exact) mass is 366 g/mol. The Morgan fingerprint density at radius 3 is 1.92 bits per heavy atom. The summed E-state index contributed by atoms with van der Waals surface area (Å²) in [6, 6.07) is 20.1. The van der Waals surface area contributed by atoms with E-state index in [4.69, 9.17) is 23.2 Å². The highest BCUT2D eigenvalue weighted by Crippen LogP contribution is 2.23. The van der Waals surface area contributed by atoms with Crippen molar-refractivity contribution in [1.29, 1.82) is 0 Å². The molecule has 0 atom stereocenters. The summed E-state index contributed by atoms with van der Waals surface area (Å²) in [6.45, 7) is 0. The van der Waals surface area contributed by atoms with Crippen molar-refractivity contribution in [2.45, 2.75) is 0 Å². The Labute approximate surface area is 154 Å². The fraction of sp³-hybridized carbons (Fsp3) is 0. The van der Waals surface area contributed by atoms with Crippen LogP contribution in [0.2, 0.25) is 10.0 Å². The van der Waals surface area contributed by atoms with Gasteiger partial charge < -0.3 is 0 Å². The summed E-state index contributed by atoms with van der Waals surface area (Å²) in [4.78, 5) is 17.1. The van der Waals surface area contributed by atoms with Gasteiger partial charge in [-0.3, -0.25) is 9.20 Å². The zero-order chi connectivity index (χ0) is 17.4. The van der Waals surface area contributed by atoms with Crippen LogP contribution in [0.5, 0.6) is 0 Å². The van der Waals surface area contributed by atoms with Gasteiger partial charge in [0.25, 0.3) is 5.56 Å². The summed E-state index contributed by atoms with van der Waals surface area (Å²) < 4.78 is 1.54. The topological polar surface area (TPSA) is 34.4 Å². The second-order valence-electron chi connectivity index (χ2n) is 5.64. The molecule has 3 nitrogen and oxygen atoms in total. The smallest absolute Gasteiger partial charge is 0.258 e. The van der Waals surface area contributed by atoms with Crippen LogP contribution in [-0.4, -0.2) is 9.38 Å². The molecule has 0 fully saturated rings. The highest BCUT2D eigenvalue weighted by Gasteiger charge is 2.07. The van der Waals surface area contributed by atoms with Gasteiger partial charge in [-0.05, 0) is 47.5 Å². The van der Waals surface area contributed by atoms with Gasteiger partial charge >= 0.3 is 0 Å². The highest BCUT2D eigenvalue weighted by molar-refractivity contribution is 6.30. The summed E-state index contributed by atoms with van der Waals surface area (Å²) in [5.41, 5.74) is 3.85. The van der Waals surface area contributed by atoms with Gasteiger partial charge in [-0.2, -0.15) is 0 Å². The van der Waals surface area contributed by atoms with Crippen LogP contribution in [0.25, 0.3) is 28.0 Å². The lowest BCUT2D eigenvalue weighted by atomic mass is 10.1. The third-order valence-electron chi connectivity index (χ3n) is 3.98. The van der Waals surface area contributed by atoms with E-state index in [1.165, 1.54) is 6.07 Å². The molecule has 0 radical (unpaired) electrons. The van der Waals surface area contributed by atoms with Gasteiger partial charge in [0, 0.05) is 27.9 Å². The molecule has 0 aliphatic rings. The second-order valence-corrected chi connectivity index (χ2v) is 6.51. The number of nitrogens with zero attached hydrogens (tertiary/aromatic N) is 2. The number of pyridine rings is 1. The number of hydrogen-bond donors (Lipinski definition) is 0. The summed E-state index contributed by atoms with van der Waals surface area (Å²) in [5.74, 6) is 0. The SMILES string of the molecule is O=c1cc(-c2ccc(Cl)cc2)nc2ccc(-c3ccc(Cl)cc3)cn12. The van der Waals surface area contributed by atoms with Gasteiger partial charge in [0.1, 0.15) is 5.65 Å². The first-order chi connectivity index (χ1) is 12.1. The number of benzene rings is 2. The maximum absolute atomic E-state index is 12.6. The molecule has 122 valence electrons. The highest BCUT2D eigenvalue weighted by atomic mass is 35.5. The van der Waals surface area contributed by atoms with Crippen molar-refractivity contribution in [3.05, 3.63) is 93.3 Å². The standard InChI is InChI=1S/C20H12Cl2N2O/c21-16-6-1-13(2-7-16)15-5-10-19-23-18(11-20(25)24(19)12-15)14-3-8-17(22)9-4-14/h1-12H. The van der Waals surface area contributed by atoms with Crippen molar-refractivity contribution >= 4 is 28.8 Å². The molecule has 0 saturated heterocycles. The van der Waals surface area contributed by atoms with Crippen molar-refractivity contribution in [1.82, 2.24) is 9.38 Å². The first kappa shape index (κ1) is 15.9. The van der Waals surface area contributed by atoms with E-state index in [1.807, 2.05) is 48.5 Å². The lowest BCUT2D eigenvalue weighted by Gasteiger charge is -2.07. The Kier molecular flexibility index (Phi) is 4.04. The van der Waals surface area contributed by atoms with Crippen LogP contribution in [0.4, 0.5) is 0 Å². The van der Waals surface area contributed by atoms with Gasteiger partial charge in [0.2, 0.25) is 0 Å². The van der Waals surface area contributed by atoms with Gasteiger partial charge in [-0.25, -0.2) is 4.98 Å². The summed E-state index contributed by atoms with van der Waals surface area (Å²) in [6.07, 6.45) is 1.79. The molecule has 0 aliphatic carbocycles. The molecule has 0 saturated carbocycles. The minimum absolute atomic E-state index is 0.134. The zero-order valence-electron chi connectivity index (χ0n) is 13.0. The second kappa shape index (κ2) is 6.36. The van der Waals surface area contributed by atoms with Crippen LogP contribution < -0.4 is 5.56 Å². The van der Waals surface area contributed by atoms with E-state index in [1.54, 1.807) is 22.7 Å². The van der Waals surface area contributed by atoms with E-state index in [0.717, 1.165) is 16.7 Å². The van der Waals surface area contributed by atoms with E-state index in [-0.39, 0.29) is 5.56 Å². The van der Waals surface area contributed by atoms with Crippen molar-refractivity contribution in [2.24, 2.45) is 0 Å². The van der Waals surface area contributed by atoms with Crippen molar-refractivity contribution < 1.29 is 0 Å². The molecule has 0 aliphatic heterocycles. The summed E-state index contributed by atoms with van der Waals surface area (Å²) in [7, 11) is 0. The molecule has 0 amide bonds. The summed E-state index contributed by atoms with van der Waals surface area (Å²) in [5, 5.41) is 1.32. The van der Waals surface area contributed by atoms with Crippen LogP contribution in [0, 0.1) is 0 Å². The molecule has 2 heterocycles. The third kappa shape index (κ3) is 3.16. The normalized spacial score (nSPS) is 11.0. The van der Waals surface area contributed by atoms with Gasteiger partial charge in [0.05, 0.1) is 5.69 Å². The van der Waals surface area contributed by atoms with Crippen molar-refractivity contribution in [2.75, 3.05) is 0 Å². The van der Waals surface area contributed by atoms with Crippen molar-refractivity contribution in [3.8, 4) is 22.4 Å². The molecular formula is C20H12Cl2N2O. The molecule has 2 aromatic carbocycles.